The van der Waals surface area contributed by atoms with Gasteiger partial charge >= 0.3 is 5.97 Å². The number of carbonyl (C=O) groups is 1. The molecule has 0 atom stereocenters. The lowest BCUT2D eigenvalue weighted by molar-refractivity contribution is -0.130. The summed E-state index contributed by atoms with van der Waals surface area (Å²) in [6.45, 7) is 0. The van der Waals surface area contributed by atoms with Gasteiger partial charge in [0.15, 0.2) is 0 Å². The normalized spacial score (nSPS) is 11.3. The largest absolute Gasteiger partial charge is 0.508 e. The molecule has 2 rings (SSSR count). The summed E-state index contributed by atoms with van der Waals surface area (Å²) in [6, 6.07) is 13.5. The monoisotopic (exact) mass is 318 g/mol. The predicted octanol–water partition coefficient (Wildman–Crippen LogP) is 3.78. The second kappa shape index (κ2) is 5.71. The molecule has 4 heteroatoms. The molecule has 0 saturated heterocycles. The van der Waals surface area contributed by atoms with Crippen LogP contribution in [0.2, 0.25) is 0 Å². The van der Waals surface area contributed by atoms with Gasteiger partial charge in [0.05, 0.1) is 5.57 Å². The van der Waals surface area contributed by atoms with Crippen LogP contribution < -0.4 is 0 Å². The summed E-state index contributed by atoms with van der Waals surface area (Å²) in [4.78, 5) is 11.3. The lowest BCUT2D eigenvalue weighted by atomic mass is 10.0. The van der Waals surface area contributed by atoms with Gasteiger partial charge in [0.2, 0.25) is 0 Å². The number of hydrogen-bond acceptors (Lipinski definition) is 2. The fourth-order valence-corrected chi connectivity index (χ4v) is 2.09. The first-order valence-corrected chi connectivity index (χ1v) is 6.35. The van der Waals surface area contributed by atoms with E-state index in [-0.39, 0.29) is 11.3 Å². The van der Waals surface area contributed by atoms with Crippen molar-refractivity contribution in [2.24, 2.45) is 0 Å². The smallest absolute Gasteiger partial charge is 0.336 e. The van der Waals surface area contributed by atoms with Crippen molar-refractivity contribution in [3.8, 4) is 5.75 Å². The highest BCUT2D eigenvalue weighted by Gasteiger charge is 2.10. The van der Waals surface area contributed by atoms with Crippen LogP contribution >= 0.6 is 15.9 Å². The summed E-state index contributed by atoms with van der Waals surface area (Å²) in [7, 11) is 0. The Morgan fingerprint density at radius 3 is 2.37 bits per heavy atom. The summed E-state index contributed by atoms with van der Waals surface area (Å²) >= 11 is 3.35. The van der Waals surface area contributed by atoms with Gasteiger partial charge in [0.25, 0.3) is 0 Å². The van der Waals surface area contributed by atoms with Crippen LogP contribution in [0.4, 0.5) is 0 Å². The molecule has 0 aliphatic rings. The first-order chi connectivity index (χ1) is 9.06. The molecule has 2 aromatic rings. The van der Waals surface area contributed by atoms with E-state index in [0.717, 1.165) is 10.0 Å². The van der Waals surface area contributed by atoms with Gasteiger partial charge in [0, 0.05) is 4.47 Å². The standard InChI is InChI=1S/C15H11BrO3/c16-12-3-1-2-10(8-12)9-14(15(18)19)11-4-6-13(17)7-5-11/h1-9,17H,(H,18,19)/b14-9-. The second-order valence-electron chi connectivity index (χ2n) is 3.97. The quantitative estimate of drug-likeness (QED) is 0.669. The van der Waals surface area contributed by atoms with Gasteiger partial charge in [-0.1, -0.05) is 40.2 Å². The summed E-state index contributed by atoms with van der Waals surface area (Å²) in [5, 5.41) is 18.5. The zero-order valence-electron chi connectivity index (χ0n) is 9.88. The molecule has 0 aliphatic heterocycles. The highest BCUT2D eigenvalue weighted by molar-refractivity contribution is 9.10. The van der Waals surface area contributed by atoms with Gasteiger partial charge in [-0.25, -0.2) is 4.79 Å². The van der Waals surface area contributed by atoms with E-state index < -0.39 is 5.97 Å². The lowest BCUT2D eigenvalue weighted by Gasteiger charge is -2.04. The number of hydrogen-bond donors (Lipinski definition) is 2. The van der Waals surface area contributed by atoms with Crippen LogP contribution in [0.5, 0.6) is 5.75 Å². The van der Waals surface area contributed by atoms with Gasteiger partial charge in [-0.2, -0.15) is 0 Å². The topological polar surface area (TPSA) is 57.5 Å². The third-order valence-electron chi connectivity index (χ3n) is 2.57. The van der Waals surface area contributed by atoms with E-state index in [1.165, 1.54) is 12.1 Å². The zero-order chi connectivity index (χ0) is 13.8. The Bertz CT molecular complexity index is 630. The number of phenolic OH excluding ortho intramolecular Hbond substituents is 1. The Morgan fingerprint density at radius 1 is 1.11 bits per heavy atom. The molecule has 0 saturated carbocycles. The van der Waals surface area contributed by atoms with E-state index in [4.69, 9.17) is 0 Å². The van der Waals surface area contributed by atoms with Crippen LogP contribution in [-0.4, -0.2) is 16.2 Å². The molecule has 0 unspecified atom stereocenters. The van der Waals surface area contributed by atoms with Crippen molar-refractivity contribution in [2.45, 2.75) is 0 Å². The lowest BCUT2D eigenvalue weighted by Crippen LogP contribution is -1.99. The van der Waals surface area contributed by atoms with Crippen molar-refractivity contribution in [1.82, 2.24) is 0 Å². The predicted molar refractivity (Wildman–Crippen MR) is 77.8 cm³/mol. The number of carboxylic acid groups (broad SMARTS) is 1. The number of halogens is 1. The van der Waals surface area contributed by atoms with E-state index >= 15 is 0 Å². The third kappa shape index (κ3) is 3.45. The van der Waals surface area contributed by atoms with Gasteiger partial charge < -0.3 is 10.2 Å². The second-order valence-corrected chi connectivity index (χ2v) is 4.88. The third-order valence-corrected chi connectivity index (χ3v) is 3.06. The van der Waals surface area contributed by atoms with E-state index in [1.54, 1.807) is 18.2 Å². The number of aliphatic carboxylic acids is 1. The summed E-state index contributed by atoms with van der Waals surface area (Å²) in [6.07, 6.45) is 1.60. The van der Waals surface area contributed by atoms with Crippen molar-refractivity contribution in [3.05, 3.63) is 64.1 Å². The molecular formula is C15H11BrO3. The summed E-state index contributed by atoms with van der Waals surface area (Å²) in [5.74, 6) is -0.901. The van der Waals surface area contributed by atoms with E-state index in [0.29, 0.717) is 5.56 Å². The molecule has 0 aromatic heterocycles. The Hall–Kier alpha value is -2.07. The Labute approximate surface area is 119 Å². The van der Waals surface area contributed by atoms with Crippen LogP contribution in [0.1, 0.15) is 11.1 Å². The van der Waals surface area contributed by atoms with Crippen LogP contribution in [0.3, 0.4) is 0 Å². The van der Waals surface area contributed by atoms with Crippen LogP contribution in [0.15, 0.2) is 53.0 Å². The SMILES string of the molecule is O=C(O)/C(=C\c1cccc(Br)c1)c1ccc(O)cc1. The number of aromatic hydroxyl groups is 1. The maximum absolute atomic E-state index is 11.3. The highest BCUT2D eigenvalue weighted by atomic mass is 79.9. The average molecular weight is 319 g/mol. The fourth-order valence-electron chi connectivity index (χ4n) is 1.67. The van der Waals surface area contributed by atoms with Gasteiger partial charge in [0.1, 0.15) is 5.75 Å². The molecule has 2 aromatic carbocycles. The van der Waals surface area contributed by atoms with Crippen molar-refractivity contribution in [1.29, 1.82) is 0 Å². The summed E-state index contributed by atoms with van der Waals surface area (Å²) < 4.78 is 0.886. The maximum atomic E-state index is 11.3. The molecule has 0 aliphatic carbocycles. The molecule has 19 heavy (non-hydrogen) atoms. The van der Waals surface area contributed by atoms with E-state index in [9.17, 15) is 15.0 Å². The first-order valence-electron chi connectivity index (χ1n) is 5.56. The number of carboxylic acids is 1. The molecule has 3 nitrogen and oxygen atoms in total. The van der Waals surface area contributed by atoms with E-state index in [2.05, 4.69) is 15.9 Å². The van der Waals surface area contributed by atoms with Gasteiger partial charge in [-0.15, -0.1) is 0 Å². The molecule has 0 fully saturated rings. The number of phenols is 1. The van der Waals surface area contributed by atoms with Crippen molar-refractivity contribution in [2.75, 3.05) is 0 Å². The van der Waals surface area contributed by atoms with Crippen molar-refractivity contribution in [3.63, 3.8) is 0 Å². The summed E-state index contributed by atoms with van der Waals surface area (Å²) in [5.41, 5.74) is 1.52. The first kappa shape index (κ1) is 13.4. The molecule has 0 amide bonds. The minimum Gasteiger partial charge on any atom is -0.508 e. The van der Waals surface area contributed by atoms with E-state index in [1.807, 2.05) is 24.3 Å². The molecule has 0 radical (unpaired) electrons. The van der Waals surface area contributed by atoms with Crippen molar-refractivity contribution < 1.29 is 15.0 Å². The minimum absolute atomic E-state index is 0.107. The number of benzene rings is 2. The number of rotatable bonds is 3. The van der Waals surface area contributed by atoms with Gasteiger partial charge in [-0.05, 0) is 41.5 Å². The van der Waals surface area contributed by atoms with Gasteiger partial charge in [-0.3, -0.25) is 0 Å². The molecule has 96 valence electrons. The molecule has 2 N–H and O–H groups in total. The molecular weight excluding hydrogens is 308 g/mol. The highest BCUT2D eigenvalue weighted by Crippen LogP contribution is 2.22. The Balaban J connectivity index is 2.46. The average Bonchev–Trinajstić information content (AvgIpc) is 2.37. The maximum Gasteiger partial charge on any atom is 0.336 e. The fraction of sp³-hybridized carbons (Fsp3) is 0. The van der Waals surface area contributed by atoms with Crippen LogP contribution in [0.25, 0.3) is 11.6 Å². The molecule has 0 spiro atoms. The Morgan fingerprint density at radius 2 is 1.79 bits per heavy atom. The zero-order valence-corrected chi connectivity index (χ0v) is 11.5. The van der Waals surface area contributed by atoms with Crippen LogP contribution in [0, 0.1) is 0 Å². The minimum atomic E-state index is -1.01. The molecule has 0 heterocycles. The van der Waals surface area contributed by atoms with Crippen molar-refractivity contribution >= 4 is 33.5 Å². The Kier molecular flexibility index (Phi) is 4.02. The molecule has 0 bridgehead atoms. The van der Waals surface area contributed by atoms with Crippen LogP contribution in [-0.2, 0) is 4.79 Å².